The van der Waals surface area contributed by atoms with Crippen molar-refractivity contribution in [2.75, 3.05) is 26.3 Å². The lowest BCUT2D eigenvalue weighted by Crippen LogP contribution is -2.52. The SMILES string of the molecule is CC(NC(=O)CC1CCCC1)C(C)N1CCOCC1. The molecule has 1 N–H and O–H groups in total. The van der Waals surface area contributed by atoms with Crippen LogP contribution in [0.2, 0.25) is 0 Å². The highest BCUT2D eigenvalue weighted by atomic mass is 16.5. The molecule has 0 aromatic carbocycles. The highest BCUT2D eigenvalue weighted by Gasteiger charge is 2.24. The fraction of sp³-hybridized carbons (Fsp3) is 0.933. The van der Waals surface area contributed by atoms with Crippen LogP contribution in [-0.4, -0.2) is 49.2 Å². The summed E-state index contributed by atoms with van der Waals surface area (Å²) in [6.07, 6.45) is 5.80. The first kappa shape index (κ1) is 14.8. The van der Waals surface area contributed by atoms with Crippen molar-refractivity contribution in [1.29, 1.82) is 0 Å². The predicted molar refractivity (Wildman–Crippen MR) is 76.0 cm³/mol. The molecule has 0 bridgehead atoms. The second-order valence-corrected chi connectivity index (χ2v) is 6.10. The number of nitrogens with one attached hydrogen (secondary N) is 1. The molecule has 0 aromatic rings. The largest absolute Gasteiger partial charge is 0.379 e. The minimum absolute atomic E-state index is 0.215. The van der Waals surface area contributed by atoms with E-state index in [4.69, 9.17) is 4.74 Å². The van der Waals surface area contributed by atoms with Gasteiger partial charge in [-0.15, -0.1) is 0 Å². The molecule has 2 rings (SSSR count). The third-order valence-corrected chi connectivity index (χ3v) is 4.68. The summed E-state index contributed by atoms with van der Waals surface area (Å²) in [7, 11) is 0. The third kappa shape index (κ3) is 4.46. The first-order valence-corrected chi connectivity index (χ1v) is 7.78. The van der Waals surface area contributed by atoms with E-state index in [0.29, 0.717) is 12.0 Å². The second-order valence-electron chi connectivity index (χ2n) is 6.10. The molecule has 2 unspecified atom stereocenters. The molecule has 0 aromatic heterocycles. The van der Waals surface area contributed by atoms with E-state index in [-0.39, 0.29) is 11.9 Å². The molecule has 1 aliphatic heterocycles. The lowest BCUT2D eigenvalue weighted by molar-refractivity contribution is -0.123. The van der Waals surface area contributed by atoms with Gasteiger partial charge >= 0.3 is 0 Å². The maximum atomic E-state index is 12.0. The number of nitrogens with zero attached hydrogens (tertiary/aromatic N) is 1. The van der Waals surface area contributed by atoms with Gasteiger partial charge in [-0.1, -0.05) is 12.8 Å². The van der Waals surface area contributed by atoms with Crippen molar-refractivity contribution in [2.24, 2.45) is 5.92 Å². The van der Waals surface area contributed by atoms with Crippen LogP contribution in [0, 0.1) is 5.92 Å². The number of morpholine rings is 1. The Morgan fingerprint density at radius 2 is 1.89 bits per heavy atom. The van der Waals surface area contributed by atoms with Crippen LogP contribution in [0.15, 0.2) is 0 Å². The van der Waals surface area contributed by atoms with Gasteiger partial charge in [-0.25, -0.2) is 0 Å². The fourth-order valence-electron chi connectivity index (χ4n) is 3.21. The molecule has 0 spiro atoms. The molecule has 0 radical (unpaired) electrons. The van der Waals surface area contributed by atoms with E-state index >= 15 is 0 Å². The van der Waals surface area contributed by atoms with Crippen LogP contribution in [0.3, 0.4) is 0 Å². The summed E-state index contributed by atoms with van der Waals surface area (Å²) in [6, 6.07) is 0.600. The molecule has 110 valence electrons. The van der Waals surface area contributed by atoms with Crippen molar-refractivity contribution in [2.45, 2.75) is 58.0 Å². The molecule has 1 aliphatic carbocycles. The predicted octanol–water partition coefficient (Wildman–Crippen LogP) is 1.79. The molecular weight excluding hydrogens is 240 g/mol. The summed E-state index contributed by atoms with van der Waals surface area (Å²) in [4.78, 5) is 14.4. The van der Waals surface area contributed by atoms with Crippen LogP contribution in [-0.2, 0) is 9.53 Å². The average Bonchev–Trinajstić information content (AvgIpc) is 2.91. The zero-order valence-electron chi connectivity index (χ0n) is 12.4. The fourth-order valence-corrected chi connectivity index (χ4v) is 3.21. The van der Waals surface area contributed by atoms with Gasteiger partial charge in [0, 0.05) is 31.6 Å². The summed E-state index contributed by atoms with van der Waals surface area (Å²) in [5, 5.41) is 3.18. The van der Waals surface area contributed by atoms with E-state index in [1.807, 2.05) is 0 Å². The Hall–Kier alpha value is -0.610. The quantitative estimate of drug-likeness (QED) is 0.826. The first-order chi connectivity index (χ1) is 9.16. The van der Waals surface area contributed by atoms with E-state index in [1.54, 1.807) is 0 Å². The second kappa shape index (κ2) is 7.25. The molecule has 2 fully saturated rings. The number of carbonyl (C=O) groups is 1. The van der Waals surface area contributed by atoms with Gasteiger partial charge in [0.05, 0.1) is 13.2 Å². The number of amides is 1. The highest BCUT2D eigenvalue weighted by molar-refractivity contribution is 5.76. The van der Waals surface area contributed by atoms with Gasteiger partial charge in [-0.05, 0) is 32.6 Å². The summed E-state index contributed by atoms with van der Waals surface area (Å²) in [6.45, 7) is 7.90. The van der Waals surface area contributed by atoms with Crippen molar-refractivity contribution in [1.82, 2.24) is 10.2 Å². The van der Waals surface area contributed by atoms with Crippen LogP contribution in [0.25, 0.3) is 0 Å². The Morgan fingerprint density at radius 1 is 1.26 bits per heavy atom. The zero-order valence-corrected chi connectivity index (χ0v) is 12.4. The molecule has 2 aliphatic rings. The van der Waals surface area contributed by atoms with E-state index in [0.717, 1.165) is 32.7 Å². The minimum atomic E-state index is 0.215. The summed E-state index contributed by atoms with van der Waals surface area (Å²) >= 11 is 0. The van der Waals surface area contributed by atoms with E-state index in [1.165, 1.54) is 25.7 Å². The maximum absolute atomic E-state index is 12.0. The molecule has 1 saturated heterocycles. The van der Waals surface area contributed by atoms with E-state index < -0.39 is 0 Å². The summed E-state index contributed by atoms with van der Waals surface area (Å²) < 4.78 is 5.37. The van der Waals surface area contributed by atoms with Crippen molar-refractivity contribution in [3.05, 3.63) is 0 Å². The third-order valence-electron chi connectivity index (χ3n) is 4.68. The Morgan fingerprint density at radius 3 is 2.53 bits per heavy atom. The Bertz CT molecular complexity index is 284. The molecule has 19 heavy (non-hydrogen) atoms. The Kier molecular flexibility index (Phi) is 5.64. The number of rotatable bonds is 5. The lowest BCUT2D eigenvalue weighted by atomic mass is 10.0. The van der Waals surface area contributed by atoms with Crippen LogP contribution in [0.5, 0.6) is 0 Å². The van der Waals surface area contributed by atoms with Gasteiger partial charge in [-0.2, -0.15) is 0 Å². The normalized spacial score (nSPS) is 25.2. The molecular formula is C15H28N2O2. The molecule has 4 nitrogen and oxygen atoms in total. The van der Waals surface area contributed by atoms with Gasteiger partial charge in [0.1, 0.15) is 0 Å². The van der Waals surface area contributed by atoms with Crippen LogP contribution >= 0.6 is 0 Å². The smallest absolute Gasteiger partial charge is 0.220 e. The summed E-state index contributed by atoms with van der Waals surface area (Å²) in [5.41, 5.74) is 0. The Labute approximate surface area is 116 Å². The van der Waals surface area contributed by atoms with Crippen LogP contribution < -0.4 is 5.32 Å². The van der Waals surface area contributed by atoms with E-state index in [9.17, 15) is 4.79 Å². The van der Waals surface area contributed by atoms with Crippen molar-refractivity contribution < 1.29 is 9.53 Å². The van der Waals surface area contributed by atoms with E-state index in [2.05, 4.69) is 24.1 Å². The zero-order chi connectivity index (χ0) is 13.7. The highest BCUT2D eigenvalue weighted by Crippen LogP contribution is 2.27. The molecule has 4 heteroatoms. The van der Waals surface area contributed by atoms with Gasteiger partial charge in [0.25, 0.3) is 0 Å². The topological polar surface area (TPSA) is 41.6 Å². The molecule has 1 heterocycles. The monoisotopic (exact) mass is 268 g/mol. The number of ether oxygens (including phenoxy) is 1. The minimum Gasteiger partial charge on any atom is -0.379 e. The average molecular weight is 268 g/mol. The van der Waals surface area contributed by atoms with Crippen molar-refractivity contribution >= 4 is 5.91 Å². The molecule has 2 atom stereocenters. The molecule has 1 amide bonds. The Balaban J connectivity index is 1.72. The van der Waals surface area contributed by atoms with Crippen LogP contribution in [0.1, 0.15) is 46.0 Å². The standard InChI is InChI=1S/C15H28N2O2/c1-12(13(2)17-7-9-19-10-8-17)16-15(18)11-14-5-3-4-6-14/h12-14H,3-11H2,1-2H3,(H,16,18). The number of carbonyl (C=O) groups excluding carboxylic acids is 1. The lowest BCUT2D eigenvalue weighted by Gasteiger charge is -2.36. The van der Waals surface area contributed by atoms with Gasteiger partial charge in [0.2, 0.25) is 5.91 Å². The maximum Gasteiger partial charge on any atom is 0.220 e. The van der Waals surface area contributed by atoms with Crippen molar-refractivity contribution in [3.63, 3.8) is 0 Å². The number of hydrogen-bond acceptors (Lipinski definition) is 3. The first-order valence-electron chi connectivity index (χ1n) is 7.78. The number of hydrogen-bond donors (Lipinski definition) is 1. The van der Waals surface area contributed by atoms with Gasteiger partial charge < -0.3 is 10.1 Å². The molecule has 1 saturated carbocycles. The summed E-state index contributed by atoms with van der Waals surface area (Å²) in [5.74, 6) is 0.866. The van der Waals surface area contributed by atoms with Gasteiger partial charge in [0.15, 0.2) is 0 Å². The van der Waals surface area contributed by atoms with Crippen LogP contribution in [0.4, 0.5) is 0 Å². The van der Waals surface area contributed by atoms with Crippen molar-refractivity contribution in [3.8, 4) is 0 Å². The van der Waals surface area contributed by atoms with Gasteiger partial charge in [-0.3, -0.25) is 9.69 Å².